The minimum Gasteiger partial charge on any atom is -0.477 e. The number of rotatable bonds is 6. The fourth-order valence-corrected chi connectivity index (χ4v) is 6.20. The molecule has 39 heavy (non-hydrogen) atoms. The monoisotopic (exact) mass is 553 g/mol. The van der Waals surface area contributed by atoms with Gasteiger partial charge in [-0.3, -0.25) is 9.59 Å². The van der Waals surface area contributed by atoms with E-state index in [4.69, 9.17) is 4.74 Å². The summed E-state index contributed by atoms with van der Waals surface area (Å²) in [7, 11) is 1.59. The molecular weight excluding hydrogens is 514 g/mol. The van der Waals surface area contributed by atoms with E-state index in [-0.39, 0.29) is 39.8 Å². The number of carbonyl (C=O) groups is 2. The molecule has 8 nitrogen and oxygen atoms in total. The number of aromatic carboxylic acids is 1. The first kappa shape index (κ1) is 28.9. The van der Waals surface area contributed by atoms with Gasteiger partial charge in [0.2, 0.25) is 11.8 Å². The van der Waals surface area contributed by atoms with Gasteiger partial charge >= 0.3 is 5.97 Å². The second kappa shape index (κ2) is 12.0. The van der Waals surface area contributed by atoms with Gasteiger partial charge in [-0.2, -0.15) is 0 Å². The van der Waals surface area contributed by atoms with Gasteiger partial charge < -0.3 is 14.7 Å². The van der Waals surface area contributed by atoms with Crippen molar-refractivity contribution in [3.8, 4) is 17.7 Å². The van der Waals surface area contributed by atoms with E-state index in [0.29, 0.717) is 48.0 Å². The molecule has 0 radical (unpaired) electrons. The zero-order valence-electron chi connectivity index (χ0n) is 23.5. The third kappa shape index (κ3) is 7.30. The second-order valence-electron chi connectivity index (χ2n) is 12.0. The summed E-state index contributed by atoms with van der Waals surface area (Å²) in [6.45, 7) is 8.26. The number of thiophene rings is 1. The number of amides is 1. The maximum absolute atomic E-state index is 14.1. The molecule has 2 fully saturated rings. The Morgan fingerprint density at radius 3 is 2.36 bits per heavy atom. The predicted octanol–water partition coefficient (Wildman–Crippen LogP) is 5.49. The van der Waals surface area contributed by atoms with Crippen LogP contribution in [0.25, 0.3) is 0 Å². The largest absolute Gasteiger partial charge is 0.477 e. The molecule has 2 aliphatic carbocycles. The van der Waals surface area contributed by atoms with Crippen molar-refractivity contribution in [1.29, 1.82) is 0 Å². The van der Waals surface area contributed by atoms with Crippen molar-refractivity contribution in [3.63, 3.8) is 0 Å². The number of carboxylic acids is 1. The number of carbonyl (C=O) groups excluding carboxylic acids is 1. The zero-order chi connectivity index (χ0) is 28.3. The molecule has 0 aromatic carbocycles. The maximum Gasteiger partial charge on any atom is 0.348 e. The lowest BCUT2D eigenvalue weighted by molar-refractivity contribution is -0.124. The highest BCUT2D eigenvalue weighted by atomic mass is 32.1. The van der Waals surface area contributed by atoms with Crippen LogP contribution in [0.4, 0.5) is 5.69 Å². The van der Waals surface area contributed by atoms with Crippen molar-refractivity contribution >= 4 is 28.9 Å². The predicted molar refractivity (Wildman–Crippen MR) is 152 cm³/mol. The topological polar surface area (TPSA) is 102 Å². The van der Waals surface area contributed by atoms with Gasteiger partial charge in [-0.1, -0.05) is 18.8 Å². The van der Waals surface area contributed by atoms with E-state index in [9.17, 15) is 19.5 Å². The van der Waals surface area contributed by atoms with E-state index in [0.717, 1.165) is 37.0 Å². The molecule has 2 saturated carbocycles. The average molecular weight is 554 g/mol. The number of hydrogen-bond donors (Lipinski definition) is 1. The molecule has 0 spiro atoms. The molecule has 0 saturated heterocycles. The summed E-state index contributed by atoms with van der Waals surface area (Å²) in [5.41, 5.74) is 0.0486. The molecule has 2 aromatic rings. The van der Waals surface area contributed by atoms with E-state index in [1.807, 2.05) is 20.8 Å². The highest BCUT2D eigenvalue weighted by Crippen LogP contribution is 2.39. The Morgan fingerprint density at radius 1 is 1.10 bits per heavy atom. The Balaban J connectivity index is 1.60. The highest BCUT2D eigenvalue weighted by molar-refractivity contribution is 7.15. The Bertz CT molecular complexity index is 1310. The average Bonchev–Trinajstić information content (AvgIpc) is 3.30. The molecule has 210 valence electrons. The number of anilines is 1. The molecule has 9 heteroatoms. The molecule has 2 heterocycles. The van der Waals surface area contributed by atoms with Crippen molar-refractivity contribution < 1.29 is 19.4 Å². The van der Waals surface area contributed by atoms with Crippen molar-refractivity contribution in [2.75, 3.05) is 4.90 Å². The third-order valence-electron chi connectivity index (χ3n) is 7.56. The number of aromatic nitrogens is 2. The van der Waals surface area contributed by atoms with E-state index in [1.54, 1.807) is 24.1 Å². The molecule has 0 aliphatic heterocycles. The summed E-state index contributed by atoms with van der Waals surface area (Å²) < 4.78 is 7.31. The van der Waals surface area contributed by atoms with Crippen LogP contribution >= 0.6 is 11.3 Å². The second-order valence-corrected chi connectivity index (χ2v) is 13.0. The summed E-state index contributed by atoms with van der Waals surface area (Å²) in [5, 5.41) is 14.3. The van der Waals surface area contributed by atoms with Crippen LogP contribution in [0.3, 0.4) is 0 Å². The van der Waals surface area contributed by atoms with Gasteiger partial charge in [0.25, 0.3) is 5.56 Å². The molecular formula is C30H39N3O5S. The first-order valence-corrected chi connectivity index (χ1v) is 14.7. The lowest BCUT2D eigenvalue weighted by atomic mass is 9.81. The molecule has 0 bridgehead atoms. The van der Waals surface area contributed by atoms with E-state index >= 15 is 0 Å². The quantitative estimate of drug-likeness (QED) is 0.475. The first-order valence-electron chi connectivity index (χ1n) is 13.9. The van der Waals surface area contributed by atoms with Crippen LogP contribution in [-0.4, -0.2) is 38.9 Å². The molecule has 1 amide bonds. The van der Waals surface area contributed by atoms with Crippen LogP contribution in [0.2, 0.25) is 0 Å². The molecule has 4 rings (SSSR count). The van der Waals surface area contributed by atoms with Crippen LogP contribution in [0, 0.1) is 29.1 Å². The SMILES string of the molecule is Cn1nc(O[C@H]2CC[C@@H](N(c3cc(C#CC(C)(C)C)sc3C(=O)O)C(=O)[C@H]3CC[C@H](C)CC3)CC2)ccc1=O. The molecule has 2 aliphatic rings. The van der Waals surface area contributed by atoms with Crippen LogP contribution in [-0.2, 0) is 11.8 Å². The number of aryl methyl sites for hydroxylation is 1. The lowest BCUT2D eigenvalue weighted by Gasteiger charge is -2.39. The van der Waals surface area contributed by atoms with Crippen molar-refractivity contribution in [1.82, 2.24) is 9.78 Å². The Hall–Kier alpha value is -3.12. The number of hydrogen-bond acceptors (Lipinski definition) is 6. The Morgan fingerprint density at radius 2 is 1.77 bits per heavy atom. The van der Waals surface area contributed by atoms with Crippen LogP contribution in [0.15, 0.2) is 23.0 Å². The molecule has 0 atom stereocenters. The van der Waals surface area contributed by atoms with Gasteiger partial charge in [0.1, 0.15) is 11.0 Å². The molecule has 0 unspecified atom stereocenters. The molecule has 1 N–H and O–H groups in total. The Labute approximate surface area is 234 Å². The van der Waals surface area contributed by atoms with Crippen LogP contribution < -0.4 is 15.2 Å². The minimum atomic E-state index is -1.04. The summed E-state index contributed by atoms with van der Waals surface area (Å²) in [6, 6.07) is 4.69. The summed E-state index contributed by atoms with van der Waals surface area (Å²) in [4.78, 5) is 40.7. The fourth-order valence-electron chi connectivity index (χ4n) is 5.36. The van der Waals surface area contributed by atoms with E-state index in [2.05, 4.69) is 23.9 Å². The normalized spacial score (nSPS) is 23.4. The minimum absolute atomic E-state index is 0.0293. The number of ether oxygens (including phenoxy) is 1. The maximum atomic E-state index is 14.1. The van der Waals surface area contributed by atoms with E-state index in [1.165, 1.54) is 10.7 Å². The molecule has 2 aromatic heterocycles. The van der Waals surface area contributed by atoms with Crippen molar-refractivity contribution in [2.24, 2.45) is 24.3 Å². The van der Waals surface area contributed by atoms with E-state index < -0.39 is 5.97 Å². The third-order valence-corrected chi connectivity index (χ3v) is 8.59. The lowest BCUT2D eigenvalue weighted by Crippen LogP contribution is -2.47. The summed E-state index contributed by atoms with van der Waals surface area (Å²) in [5.74, 6) is 6.23. The van der Waals surface area contributed by atoms with Gasteiger partial charge in [-0.05, 0) is 84.1 Å². The van der Waals surface area contributed by atoms with Crippen molar-refractivity contribution in [2.45, 2.75) is 91.2 Å². The summed E-state index contributed by atoms with van der Waals surface area (Å²) >= 11 is 1.14. The smallest absolute Gasteiger partial charge is 0.348 e. The van der Waals surface area contributed by atoms with Crippen molar-refractivity contribution in [3.05, 3.63) is 38.3 Å². The van der Waals surface area contributed by atoms with Gasteiger partial charge in [-0.25, -0.2) is 9.48 Å². The zero-order valence-corrected chi connectivity index (χ0v) is 24.3. The highest BCUT2D eigenvalue weighted by Gasteiger charge is 2.38. The first-order chi connectivity index (χ1) is 18.4. The van der Waals surface area contributed by atoms with Crippen LogP contribution in [0.5, 0.6) is 5.88 Å². The number of nitrogens with zero attached hydrogens (tertiary/aromatic N) is 3. The number of carboxylic acid groups (broad SMARTS) is 1. The van der Waals surface area contributed by atoms with Crippen LogP contribution in [0.1, 0.15) is 93.6 Å². The summed E-state index contributed by atoms with van der Waals surface area (Å²) in [6.07, 6.45) is 6.35. The fraction of sp³-hybridized carbons (Fsp3) is 0.600. The van der Waals surface area contributed by atoms with Gasteiger partial charge in [0, 0.05) is 36.6 Å². The van der Waals surface area contributed by atoms with Gasteiger partial charge in [0.15, 0.2) is 0 Å². The van der Waals surface area contributed by atoms with Gasteiger partial charge in [0.05, 0.1) is 10.6 Å². The van der Waals surface area contributed by atoms with Gasteiger partial charge in [-0.15, -0.1) is 16.4 Å². The Kier molecular flexibility index (Phi) is 8.85. The standard InChI is InChI=1S/C30H39N3O5S/c1-19-6-8-20(9-7-19)28(35)33(24-18-23(16-17-30(2,3)4)39-27(24)29(36)37)21-10-12-22(13-11-21)38-25-14-15-26(34)32(5)31-25/h14-15,18-22H,6-13H2,1-5H3,(H,36,37)/t19-,20-,21-,22+.